The smallest absolute Gasteiger partial charge is 0.252 e. The summed E-state index contributed by atoms with van der Waals surface area (Å²) in [5, 5.41) is 3.46. The van der Waals surface area contributed by atoms with E-state index in [9.17, 15) is 9.59 Å². The molecule has 2 rings (SSSR count). The molecule has 0 aliphatic heterocycles. The van der Waals surface area contributed by atoms with Gasteiger partial charge in [0.15, 0.2) is 0 Å². The minimum absolute atomic E-state index is 0.151. The van der Waals surface area contributed by atoms with Gasteiger partial charge >= 0.3 is 0 Å². The minimum Gasteiger partial charge on any atom is -0.494 e. The lowest BCUT2D eigenvalue weighted by molar-refractivity contribution is 0.0953. The maximum atomic E-state index is 12.1. The number of rotatable bonds is 6. The fourth-order valence-electron chi connectivity index (χ4n) is 2.18. The molecule has 1 amide bonds. The highest BCUT2D eigenvalue weighted by molar-refractivity contribution is 6.30. The Hall–Kier alpha value is -2.27. The predicted octanol–water partition coefficient (Wildman–Crippen LogP) is 2.41. The number of ether oxygens (including phenoxy) is 1. The monoisotopic (exact) mass is 334 g/mol. The van der Waals surface area contributed by atoms with Crippen LogP contribution in [0.2, 0.25) is 5.02 Å². The van der Waals surface area contributed by atoms with Gasteiger partial charge in [-0.2, -0.15) is 0 Å². The molecule has 23 heavy (non-hydrogen) atoms. The molecule has 0 saturated carbocycles. The van der Waals surface area contributed by atoms with Gasteiger partial charge in [0.25, 0.3) is 5.91 Å². The van der Waals surface area contributed by atoms with Crippen molar-refractivity contribution in [3.8, 4) is 5.75 Å². The zero-order valence-corrected chi connectivity index (χ0v) is 13.9. The molecule has 0 saturated heterocycles. The molecule has 0 unspecified atom stereocenters. The Bertz CT molecular complexity index is 756. The Morgan fingerprint density at radius 2 is 2.09 bits per heavy atom. The molecule has 0 spiro atoms. The van der Waals surface area contributed by atoms with Gasteiger partial charge in [-0.3, -0.25) is 9.59 Å². The summed E-state index contributed by atoms with van der Waals surface area (Å²) in [7, 11) is 1.61. The summed E-state index contributed by atoms with van der Waals surface area (Å²) in [6.45, 7) is 2.93. The molecule has 0 radical (unpaired) electrons. The summed E-state index contributed by atoms with van der Waals surface area (Å²) in [6.07, 6.45) is 2.12. The van der Waals surface area contributed by atoms with Gasteiger partial charge in [-0.1, -0.05) is 11.6 Å². The topological polar surface area (TPSA) is 60.3 Å². The third kappa shape index (κ3) is 4.60. The van der Waals surface area contributed by atoms with Crippen LogP contribution in [0.15, 0.2) is 41.3 Å². The lowest BCUT2D eigenvalue weighted by Gasteiger charge is -2.11. The molecule has 122 valence electrons. The first kappa shape index (κ1) is 17.1. The standard InChI is InChI=1S/C17H19ClN2O3/c1-3-23-15-6-5-14(18)10-12(15)8-9-19-17(22)13-4-7-16(21)20(2)11-13/h4-7,10-11H,3,8-9H2,1-2H3,(H,19,22). The first-order valence-corrected chi connectivity index (χ1v) is 7.75. The molecule has 0 bridgehead atoms. The highest BCUT2D eigenvalue weighted by atomic mass is 35.5. The summed E-state index contributed by atoms with van der Waals surface area (Å²) in [4.78, 5) is 23.4. The van der Waals surface area contributed by atoms with Gasteiger partial charge in [-0.05, 0) is 43.2 Å². The van der Waals surface area contributed by atoms with Crippen molar-refractivity contribution in [3.63, 3.8) is 0 Å². The first-order chi connectivity index (χ1) is 11.0. The van der Waals surface area contributed by atoms with Crippen LogP contribution in [0.5, 0.6) is 5.75 Å². The van der Waals surface area contributed by atoms with Gasteiger partial charge in [0, 0.05) is 30.9 Å². The Labute approximate surface area is 139 Å². The third-order valence-electron chi connectivity index (χ3n) is 3.35. The molecule has 5 nitrogen and oxygen atoms in total. The second-order valence-electron chi connectivity index (χ2n) is 5.06. The van der Waals surface area contributed by atoms with E-state index in [4.69, 9.17) is 16.3 Å². The van der Waals surface area contributed by atoms with Gasteiger partial charge < -0.3 is 14.6 Å². The van der Waals surface area contributed by atoms with Gasteiger partial charge in [-0.15, -0.1) is 0 Å². The van der Waals surface area contributed by atoms with E-state index in [1.165, 1.54) is 22.9 Å². The molecule has 1 heterocycles. The Morgan fingerprint density at radius 1 is 1.30 bits per heavy atom. The van der Waals surface area contributed by atoms with Crippen molar-refractivity contribution in [3.05, 3.63) is 63.0 Å². The highest BCUT2D eigenvalue weighted by Gasteiger charge is 2.08. The lowest BCUT2D eigenvalue weighted by atomic mass is 10.1. The predicted molar refractivity (Wildman–Crippen MR) is 90.3 cm³/mol. The third-order valence-corrected chi connectivity index (χ3v) is 3.59. The Morgan fingerprint density at radius 3 is 2.78 bits per heavy atom. The molecule has 1 aromatic heterocycles. The molecule has 0 atom stereocenters. The van der Waals surface area contributed by atoms with E-state index in [2.05, 4.69) is 5.32 Å². The van der Waals surface area contributed by atoms with Crippen molar-refractivity contribution in [1.82, 2.24) is 9.88 Å². The van der Waals surface area contributed by atoms with Crippen molar-refractivity contribution < 1.29 is 9.53 Å². The molecule has 1 aromatic carbocycles. The Balaban J connectivity index is 1.99. The van der Waals surface area contributed by atoms with Crippen LogP contribution in [0, 0.1) is 0 Å². The quantitative estimate of drug-likeness (QED) is 0.882. The number of nitrogens with one attached hydrogen (secondary N) is 1. The molecule has 0 aliphatic carbocycles. The number of carbonyl (C=O) groups is 1. The number of pyridine rings is 1. The zero-order valence-electron chi connectivity index (χ0n) is 13.1. The Kier molecular flexibility index (Phi) is 5.82. The number of amides is 1. The van der Waals surface area contributed by atoms with Crippen molar-refractivity contribution >= 4 is 17.5 Å². The number of aryl methyl sites for hydroxylation is 1. The maximum absolute atomic E-state index is 12.1. The van der Waals surface area contributed by atoms with E-state index in [0.717, 1.165) is 11.3 Å². The van der Waals surface area contributed by atoms with Gasteiger partial charge in [-0.25, -0.2) is 0 Å². The average Bonchev–Trinajstić information content (AvgIpc) is 2.52. The second-order valence-corrected chi connectivity index (χ2v) is 5.49. The zero-order chi connectivity index (χ0) is 16.8. The number of hydrogen-bond donors (Lipinski definition) is 1. The van der Waals surface area contributed by atoms with Crippen LogP contribution in [-0.2, 0) is 13.5 Å². The molecule has 2 aromatic rings. The largest absolute Gasteiger partial charge is 0.494 e. The van der Waals surface area contributed by atoms with Crippen LogP contribution in [-0.4, -0.2) is 23.6 Å². The highest BCUT2D eigenvalue weighted by Crippen LogP contribution is 2.23. The van der Waals surface area contributed by atoms with E-state index in [-0.39, 0.29) is 11.5 Å². The van der Waals surface area contributed by atoms with E-state index in [0.29, 0.717) is 30.2 Å². The summed E-state index contributed by atoms with van der Waals surface area (Å²) in [5.41, 5.74) is 1.24. The van der Waals surface area contributed by atoms with E-state index < -0.39 is 0 Å². The van der Waals surface area contributed by atoms with Crippen LogP contribution >= 0.6 is 11.6 Å². The van der Waals surface area contributed by atoms with Crippen LogP contribution in [0.25, 0.3) is 0 Å². The average molecular weight is 335 g/mol. The van der Waals surface area contributed by atoms with E-state index >= 15 is 0 Å². The normalized spacial score (nSPS) is 10.4. The van der Waals surface area contributed by atoms with Crippen molar-refractivity contribution in [2.75, 3.05) is 13.2 Å². The minimum atomic E-state index is -0.222. The van der Waals surface area contributed by atoms with E-state index in [1.807, 2.05) is 19.1 Å². The van der Waals surface area contributed by atoms with Crippen molar-refractivity contribution in [1.29, 1.82) is 0 Å². The fraction of sp³-hybridized carbons (Fsp3) is 0.294. The number of aromatic nitrogens is 1. The van der Waals surface area contributed by atoms with Gasteiger partial charge in [0.2, 0.25) is 5.56 Å². The number of benzene rings is 1. The number of nitrogens with zero attached hydrogens (tertiary/aromatic N) is 1. The summed E-state index contributed by atoms with van der Waals surface area (Å²) in [5.74, 6) is 0.550. The summed E-state index contributed by atoms with van der Waals surface area (Å²) < 4.78 is 6.93. The first-order valence-electron chi connectivity index (χ1n) is 7.37. The van der Waals surface area contributed by atoms with Gasteiger partial charge in [0.05, 0.1) is 12.2 Å². The summed E-state index contributed by atoms with van der Waals surface area (Å²) >= 11 is 6.01. The fourth-order valence-corrected chi connectivity index (χ4v) is 2.38. The van der Waals surface area contributed by atoms with E-state index in [1.54, 1.807) is 13.1 Å². The molecule has 1 N–H and O–H groups in total. The van der Waals surface area contributed by atoms with Crippen molar-refractivity contribution in [2.45, 2.75) is 13.3 Å². The number of carbonyl (C=O) groups excluding carboxylic acids is 1. The lowest BCUT2D eigenvalue weighted by Crippen LogP contribution is -2.27. The number of hydrogen-bond acceptors (Lipinski definition) is 3. The SMILES string of the molecule is CCOc1ccc(Cl)cc1CCNC(=O)c1ccc(=O)n(C)c1. The second kappa shape index (κ2) is 7.83. The van der Waals surface area contributed by atoms with Crippen LogP contribution < -0.4 is 15.6 Å². The molecule has 0 aliphatic rings. The molecular weight excluding hydrogens is 316 g/mol. The molecule has 0 fully saturated rings. The molecule has 6 heteroatoms. The number of halogens is 1. The van der Waals surface area contributed by atoms with Crippen molar-refractivity contribution in [2.24, 2.45) is 7.05 Å². The van der Waals surface area contributed by atoms with Crippen LogP contribution in [0.3, 0.4) is 0 Å². The maximum Gasteiger partial charge on any atom is 0.252 e. The van der Waals surface area contributed by atoms with Gasteiger partial charge in [0.1, 0.15) is 5.75 Å². The van der Waals surface area contributed by atoms with Crippen LogP contribution in [0.1, 0.15) is 22.8 Å². The van der Waals surface area contributed by atoms with Crippen LogP contribution in [0.4, 0.5) is 0 Å². The molecular formula is C17H19ClN2O3. The summed E-state index contributed by atoms with van der Waals surface area (Å²) in [6, 6.07) is 8.34.